The van der Waals surface area contributed by atoms with Crippen LogP contribution in [0.5, 0.6) is 0 Å². The van der Waals surface area contributed by atoms with E-state index in [9.17, 15) is 9.59 Å². The van der Waals surface area contributed by atoms with Crippen LogP contribution in [0.1, 0.15) is 11.6 Å². The number of carbonyl (C=O) groups is 1. The van der Waals surface area contributed by atoms with Crippen molar-refractivity contribution in [1.29, 1.82) is 0 Å². The molecule has 0 saturated carbocycles. The molecule has 0 spiro atoms. The average Bonchev–Trinajstić information content (AvgIpc) is 3.62. The summed E-state index contributed by atoms with van der Waals surface area (Å²) in [4.78, 5) is 40.0. The molecule has 12 nitrogen and oxygen atoms in total. The van der Waals surface area contributed by atoms with Crippen LogP contribution in [-0.4, -0.2) is 35.6 Å². The van der Waals surface area contributed by atoms with Crippen molar-refractivity contribution < 1.29 is 4.79 Å². The number of nitrogens with zero attached hydrogens (tertiary/aromatic N) is 6. The number of amides is 1. The summed E-state index contributed by atoms with van der Waals surface area (Å²) in [6.45, 7) is 0. The number of H-pyrrole nitrogens is 1. The van der Waals surface area contributed by atoms with Gasteiger partial charge >= 0.3 is 0 Å². The number of halogens is 2. The maximum Gasteiger partial charge on any atom is 0.254 e. The zero-order chi connectivity index (χ0) is 27.6. The standard InChI is InChI=1S/C26H20Cl2N10O2/c27-16-6-7-20(38-12-22(28)34-36-38)17(9-16)19-10-23(39)37(14-31-19)21(8-15-4-2-1-3-5-15)26(40)33-24-18-11-32-35-25(18)30-13-29-24/h1-7,9-14,21,34,36H,8H2,(H2,29,30,32,33,35,40)/t21-/m0/s1. The summed E-state index contributed by atoms with van der Waals surface area (Å²) in [6.07, 6.45) is 6.08. The molecule has 40 heavy (non-hydrogen) atoms. The first kappa shape index (κ1) is 25.5. The molecule has 1 amide bonds. The Labute approximate surface area is 236 Å². The highest BCUT2D eigenvalue weighted by Gasteiger charge is 2.25. The molecule has 14 heteroatoms. The number of fused-ring (bicyclic) bond motifs is 1. The lowest BCUT2D eigenvalue weighted by molar-refractivity contribution is -0.119. The highest BCUT2D eigenvalue weighted by atomic mass is 35.5. The van der Waals surface area contributed by atoms with Crippen molar-refractivity contribution in [3.05, 3.63) is 106 Å². The molecule has 4 N–H and O–H groups in total. The molecule has 3 aromatic heterocycles. The van der Waals surface area contributed by atoms with Crippen LogP contribution in [0.15, 0.2) is 89.6 Å². The van der Waals surface area contributed by atoms with Crippen molar-refractivity contribution in [1.82, 2.24) is 40.7 Å². The molecule has 1 atom stereocenters. The Morgan fingerprint density at radius 2 is 1.90 bits per heavy atom. The molecule has 2 aromatic carbocycles. The van der Waals surface area contributed by atoms with Gasteiger partial charge in [0.1, 0.15) is 23.3 Å². The number of nitrogens with one attached hydrogen (secondary N) is 4. The van der Waals surface area contributed by atoms with Crippen molar-refractivity contribution in [2.24, 2.45) is 0 Å². The monoisotopic (exact) mass is 574 g/mol. The lowest BCUT2D eigenvalue weighted by atomic mass is 10.0. The molecule has 6 rings (SSSR count). The van der Waals surface area contributed by atoms with Crippen molar-refractivity contribution in [3.63, 3.8) is 0 Å². The zero-order valence-corrected chi connectivity index (χ0v) is 22.1. The lowest BCUT2D eigenvalue weighted by Crippen LogP contribution is -2.36. The highest BCUT2D eigenvalue weighted by Crippen LogP contribution is 2.32. The zero-order valence-electron chi connectivity index (χ0n) is 20.5. The molecule has 0 bridgehead atoms. The Bertz CT molecular complexity index is 1800. The number of benzene rings is 2. The normalized spacial score (nSPS) is 13.7. The molecule has 0 fully saturated rings. The minimum absolute atomic E-state index is 0.238. The number of carbonyl (C=O) groups excluding carboxylic acids is 1. The van der Waals surface area contributed by atoms with Crippen molar-refractivity contribution in [2.45, 2.75) is 12.5 Å². The summed E-state index contributed by atoms with van der Waals surface area (Å²) in [5.41, 5.74) is 8.21. The number of hydrogen-bond acceptors (Lipinski definition) is 9. The van der Waals surface area contributed by atoms with Gasteiger partial charge in [0.15, 0.2) is 5.65 Å². The number of anilines is 2. The molecule has 200 valence electrons. The van der Waals surface area contributed by atoms with E-state index in [1.807, 2.05) is 30.3 Å². The van der Waals surface area contributed by atoms with Crippen molar-refractivity contribution >= 4 is 51.6 Å². The predicted octanol–water partition coefficient (Wildman–Crippen LogP) is 3.52. The summed E-state index contributed by atoms with van der Waals surface area (Å²) >= 11 is 12.3. The first-order valence-electron chi connectivity index (χ1n) is 12.0. The highest BCUT2D eigenvalue weighted by molar-refractivity contribution is 6.31. The van der Waals surface area contributed by atoms with Gasteiger partial charge in [0.2, 0.25) is 5.91 Å². The topological polar surface area (TPSA) is 146 Å². The third kappa shape index (κ3) is 5.10. The summed E-state index contributed by atoms with van der Waals surface area (Å²) in [7, 11) is 0. The molecule has 0 aliphatic carbocycles. The number of hydrogen-bond donors (Lipinski definition) is 4. The quantitative estimate of drug-likeness (QED) is 0.214. The van der Waals surface area contributed by atoms with Gasteiger partial charge in [0.05, 0.1) is 35.5 Å². The second kappa shape index (κ2) is 10.8. The first-order chi connectivity index (χ1) is 19.5. The Kier molecular flexibility index (Phi) is 6.86. The van der Waals surface area contributed by atoms with Gasteiger partial charge in [0, 0.05) is 23.1 Å². The van der Waals surface area contributed by atoms with E-state index in [2.05, 4.69) is 41.4 Å². The molecule has 0 radical (unpaired) electrons. The van der Waals surface area contributed by atoms with Gasteiger partial charge in [-0.1, -0.05) is 53.5 Å². The van der Waals surface area contributed by atoms with Gasteiger partial charge in [-0.25, -0.2) is 15.0 Å². The van der Waals surface area contributed by atoms with Gasteiger partial charge in [-0.2, -0.15) is 5.10 Å². The van der Waals surface area contributed by atoms with Crippen LogP contribution in [0.3, 0.4) is 0 Å². The van der Waals surface area contributed by atoms with Crippen LogP contribution in [0, 0.1) is 0 Å². The van der Waals surface area contributed by atoms with Gasteiger partial charge < -0.3 is 5.32 Å². The fourth-order valence-corrected chi connectivity index (χ4v) is 4.67. The molecular weight excluding hydrogens is 555 g/mol. The van der Waals surface area contributed by atoms with Crippen LogP contribution in [0.4, 0.5) is 11.5 Å². The molecule has 1 aliphatic heterocycles. The Morgan fingerprint density at radius 1 is 1.05 bits per heavy atom. The smallest absolute Gasteiger partial charge is 0.254 e. The second-order valence-electron chi connectivity index (χ2n) is 8.81. The summed E-state index contributed by atoms with van der Waals surface area (Å²) in [6, 6.07) is 15.0. The van der Waals surface area contributed by atoms with E-state index < -0.39 is 17.5 Å². The number of rotatable bonds is 7. The van der Waals surface area contributed by atoms with E-state index in [4.69, 9.17) is 23.2 Å². The number of hydrazine groups is 2. The maximum absolute atomic E-state index is 13.6. The first-order valence-corrected chi connectivity index (χ1v) is 12.8. The van der Waals surface area contributed by atoms with Gasteiger partial charge in [-0.15, -0.1) is 5.53 Å². The molecule has 1 aliphatic rings. The van der Waals surface area contributed by atoms with Crippen molar-refractivity contribution in [3.8, 4) is 11.3 Å². The molecular formula is C26H20Cl2N10O2. The summed E-state index contributed by atoms with van der Waals surface area (Å²) < 4.78 is 1.30. The fourth-order valence-electron chi connectivity index (χ4n) is 4.36. The van der Waals surface area contributed by atoms with Gasteiger partial charge in [-0.05, 0) is 23.8 Å². The second-order valence-corrected chi connectivity index (χ2v) is 9.66. The van der Waals surface area contributed by atoms with Crippen LogP contribution < -0.4 is 26.8 Å². The maximum atomic E-state index is 13.6. The SMILES string of the molecule is O=C(Nc1ncnc2[nH]ncc12)[C@H](Cc1ccccc1)n1cnc(-c2cc(Cl)ccc2N2C=C(Cl)NN2)cc1=O. The van der Waals surface area contributed by atoms with E-state index in [0.29, 0.717) is 38.2 Å². The van der Waals surface area contributed by atoms with E-state index in [0.717, 1.165) is 5.56 Å². The van der Waals surface area contributed by atoms with Gasteiger partial charge in [0.25, 0.3) is 5.56 Å². The Balaban J connectivity index is 1.37. The fraction of sp³-hybridized carbons (Fsp3) is 0.0769. The van der Waals surface area contributed by atoms with Gasteiger partial charge in [-0.3, -0.25) is 29.7 Å². The largest absolute Gasteiger partial charge is 0.308 e. The van der Waals surface area contributed by atoms with E-state index >= 15 is 0 Å². The van der Waals surface area contributed by atoms with Crippen LogP contribution >= 0.6 is 23.2 Å². The molecule has 0 unspecified atom stereocenters. The number of aromatic amines is 1. The molecule has 5 aromatic rings. The minimum Gasteiger partial charge on any atom is -0.308 e. The van der Waals surface area contributed by atoms with Crippen LogP contribution in [0.25, 0.3) is 22.3 Å². The minimum atomic E-state index is -0.932. The van der Waals surface area contributed by atoms with Crippen LogP contribution in [-0.2, 0) is 11.2 Å². The summed E-state index contributed by atoms with van der Waals surface area (Å²) in [5.74, 6) is -0.168. The average molecular weight is 575 g/mol. The van der Waals surface area contributed by atoms with Crippen LogP contribution in [0.2, 0.25) is 5.02 Å². The molecule has 4 heterocycles. The van der Waals surface area contributed by atoms with E-state index in [1.54, 1.807) is 29.4 Å². The lowest BCUT2D eigenvalue weighted by Gasteiger charge is -2.21. The molecule has 0 saturated heterocycles. The summed E-state index contributed by atoms with van der Waals surface area (Å²) in [5, 5.41) is 12.6. The predicted molar refractivity (Wildman–Crippen MR) is 151 cm³/mol. The Hall–Kier alpha value is -4.78. The van der Waals surface area contributed by atoms with Crippen molar-refractivity contribution in [2.75, 3.05) is 10.3 Å². The van der Waals surface area contributed by atoms with E-state index in [1.165, 1.54) is 29.5 Å². The number of aromatic nitrogens is 6. The third-order valence-corrected chi connectivity index (χ3v) is 6.70. The Morgan fingerprint density at radius 3 is 2.67 bits per heavy atom. The third-order valence-electron chi connectivity index (χ3n) is 6.27. The van der Waals surface area contributed by atoms with E-state index in [-0.39, 0.29) is 12.2 Å².